The lowest BCUT2D eigenvalue weighted by atomic mass is 10.2. The molecule has 0 aliphatic carbocycles. The minimum Gasteiger partial charge on any atom is -0.497 e. The quantitative estimate of drug-likeness (QED) is 0.664. The van der Waals surface area contributed by atoms with E-state index < -0.39 is 0 Å². The van der Waals surface area contributed by atoms with E-state index in [1.165, 1.54) is 4.70 Å². The fourth-order valence-corrected chi connectivity index (χ4v) is 3.10. The first-order valence-electron chi connectivity index (χ1n) is 6.19. The van der Waals surface area contributed by atoms with Crippen LogP contribution in [0.3, 0.4) is 0 Å². The topological polar surface area (TPSA) is 18.5 Å². The van der Waals surface area contributed by atoms with Gasteiger partial charge in [-0.3, -0.25) is 0 Å². The molecule has 0 N–H and O–H groups in total. The Morgan fingerprint density at radius 2 is 1.80 bits per heavy atom. The first kappa shape index (κ1) is 13.3. The van der Waals surface area contributed by atoms with Crippen LogP contribution < -0.4 is 9.47 Å². The lowest BCUT2D eigenvalue weighted by molar-refractivity contribution is 0.307. The van der Waals surface area contributed by atoms with E-state index in [0.717, 1.165) is 27.5 Å². The van der Waals surface area contributed by atoms with Gasteiger partial charge >= 0.3 is 0 Å². The molecule has 0 fully saturated rings. The Kier molecular flexibility index (Phi) is 3.81. The van der Waals surface area contributed by atoms with Crippen molar-refractivity contribution >= 4 is 33.0 Å². The molecule has 0 unspecified atom stereocenters. The van der Waals surface area contributed by atoms with E-state index in [2.05, 4.69) is 5.38 Å². The SMILES string of the molecule is COc1ccc(OCc2csc3ccc(Cl)cc23)cc1. The van der Waals surface area contributed by atoms with Crippen LogP contribution >= 0.6 is 22.9 Å². The molecule has 0 spiro atoms. The smallest absolute Gasteiger partial charge is 0.120 e. The molecule has 20 heavy (non-hydrogen) atoms. The third-order valence-corrected chi connectivity index (χ3v) is 4.32. The third kappa shape index (κ3) is 2.74. The average molecular weight is 305 g/mol. The highest BCUT2D eigenvalue weighted by atomic mass is 35.5. The van der Waals surface area contributed by atoms with Crippen LogP contribution in [0.5, 0.6) is 11.5 Å². The number of hydrogen-bond donors (Lipinski definition) is 0. The maximum absolute atomic E-state index is 6.05. The number of ether oxygens (including phenoxy) is 2. The molecule has 2 nitrogen and oxygen atoms in total. The lowest BCUT2D eigenvalue weighted by Crippen LogP contribution is -1.94. The summed E-state index contributed by atoms with van der Waals surface area (Å²) in [6, 6.07) is 13.5. The van der Waals surface area contributed by atoms with Crippen molar-refractivity contribution in [2.75, 3.05) is 7.11 Å². The number of methoxy groups -OCH3 is 1. The van der Waals surface area contributed by atoms with Crippen molar-refractivity contribution in [1.82, 2.24) is 0 Å². The van der Waals surface area contributed by atoms with Crippen LogP contribution in [0.15, 0.2) is 47.8 Å². The molecule has 1 aromatic heterocycles. The first-order chi connectivity index (χ1) is 9.76. The van der Waals surface area contributed by atoms with Gasteiger partial charge < -0.3 is 9.47 Å². The van der Waals surface area contributed by atoms with E-state index in [1.54, 1.807) is 18.4 Å². The Morgan fingerprint density at radius 3 is 2.55 bits per heavy atom. The van der Waals surface area contributed by atoms with Gasteiger partial charge in [0, 0.05) is 20.7 Å². The Morgan fingerprint density at radius 1 is 1.05 bits per heavy atom. The molecule has 0 amide bonds. The summed E-state index contributed by atoms with van der Waals surface area (Å²) >= 11 is 7.75. The molecule has 0 radical (unpaired) electrons. The predicted molar refractivity (Wildman–Crippen MR) is 84.2 cm³/mol. The second kappa shape index (κ2) is 5.73. The molecule has 1 heterocycles. The Balaban J connectivity index is 1.77. The van der Waals surface area contributed by atoms with Crippen molar-refractivity contribution in [3.05, 3.63) is 58.4 Å². The molecular weight excluding hydrogens is 292 g/mol. The molecule has 4 heteroatoms. The predicted octanol–water partition coefficient (Wildman–Crippen LogP) is 5.14. The number of benzene rings is 2. The summed E-state index contributed by atoms with van der Waals surface area (Å²) in [5.74, 6) is 1.65. The highest BCUT2D eigenvalue weighted by Gasteiger charge is 2.05. The van der Waals surface area contributed by atoms with Gasteiger partial charge in [-0.1, -0.05) is 11.6 Å². The molecule has 2 aromatic carbocycles. The number of fused-ring (bicyclic) bond motifs is 1. The summed E-state index contributed by atoms with van der Waals surface area (Å²) in [4.78, 5) is 0. The van der Waals surface area contributed by atoms with E-state index >= 15 is 0 Å². The fourth-order valence-electron chi connectivity index (χ4n) is 2.00. The Hall–Kier alpha value is -1.71. The van der Waals surface area contributed by atoms with Crippen molar-refractivity contribution in [2.24, 2.45) is 0 Å². The zero-order chi connectivity index (χ0) is 13.9. The second-order valence-corrected chi connectivity index (χ2v) is 5.71. The van der Waals surface area contributed by atoms with Crippen LogP contribution in [0, 0.1) is 0 Å². The molecule has 3 rings (SSSR count). The van der Waals surface area contributed by atoms with Crippen LogP contribution in [-0.2, 0) is 6.61 Å². The number of rotatable bonds is 4. The van der Waals surface area contributed by atoms with Crippen LogP contribution in [0.4, 0.5) is 0 Å². The van der Waals surface area contributed by atoms with Crippen molar-refractivity contribution < 1.29 is 9.47 Å². The molecule has 0 saturated carbocycles. The zero-order valence-electron chi connectivity index (χ0n) is 10.9. The van der Waals surface area contributed by atoms with Crippen LogP contribution in [0.2, 0.25) is 5.02 Å². The fraction of sp³-hybridized carbons (Fsp3) is 0.125. The van der Waals surface area contributed by atoms with Gasteiger partial charge in [0.15, 0.2) is 0 Å². The molecule has 0 aliphatic rings. The summed E-state index contributed by atoms with van der Waals surface area (Å²) in [7, 11) is 1.65. The molecule has 0 atom stereocenters. The number of thiophene rings is 1. The monoisotopic (exact) mass is 304 g/mol. The molecular formula is C16H13ClO2S. The van der Waals surface area contributed by atoms with E-state index in [0.29, 0.717) is 6.61 Å². The third-order valence-electron chi connectivity index (χ3n) is 3.07. The van der Waals surface area contributed by atoms with Crippen LogP contribution in [0.1, 0.15) is 5.56 Å². The van der Waals surface area contributed by atoms with Gasteiger partial charge in [-0.25, -0.2) is 0 Å². The van der Waals surface area contributed by atoms with E-state index in [4.69, 9.17) is 21.1 Å². The van der Waals surface area contributed by atoms with Gasteiger partial charge in [0.05, 0.1) is 7.11 Å². The number of hydrogen-bond acceptors (Lipinski definition) is 3. The highest BCUT2D eigenvalue weighted by Crippen LogP contribution is 2.29. The van der Waals surface area contributed by atoms with E-state index in [1.807, 2.05) is 42.5 Å². The summed E-state index contributed by atoms with van der Waals surface area (Å²) in [5.41, 5.74) is 1.16. The lowest BCUT2D eigenvalue weighted by Gasteiger charge is -2.06. The molecule has 3 aromatic rings. The summed E-state index contributed by atoms with van der Waals surface area (Å²) < 4.78 is 12.2. The van der Waals surface area contributed by atoms with E-state index in [9.17, 15) is 0 Å². The van der Waals surface area contributed by atoms with Gasteiger partial charge in [-0.15, -0.1) is 11.3 Å². The van der Waals surface area contributed by atoms with Gasteiger partial charge in [0.25, 0.3) is 0 Å². The van der Waals surface area contributed by atoms with Crippen molar-refractivity contribution in [3.8, 4) is 11.5 Å². The zero-order valence-corrected chi connectivity index (χ0v) is 12.5. The Bertz CT molecular complexity index is 719. The summed E-state index contributed by atoms with van der Waals surface area (Å²) in [5, 5.41) is 4.03. The summed E-state index contributed by atoms with van der Waals surface area (Å²) in [6.45, 7) is 0.534. The number of halogens is 1. The maximum Gasteiger partial charge on any atom is 0.120 e. The average Bonchev–Trinajstić information content (AvgIpc) is 2.88. The second-order valence-electron chi connectivity index (χ2n) is 4.37. The van der Waals surface area contributed by atoms with Crippen molar-refractivity contribution in [1.29, 1.82) is 0 Å². The maximum atomic E-state index is 6.05. The van der Waals surface area contributed by atoms with Gasteiger partial charge in [-0.2, -0.15) is 0 Å². The van der Waals surface area contributed by atoms with Crippen LogP contribution in [-0.4, -0.2) is 7.11 Å². The minimum atomic E-state index is 0.534. The highest BCUT2D eigenvalue weighted by molar-refractivity contribution is 7.17. The van der Waals surface area contributed by atoms with Gasteiger partial charge in [0.2, 0.25) is 0 Å². The minimum absolute atomic E-state index is 0.534. The van der Waals surface area contributed by atoms with Crippen molar-refractivity contribution in [3.63, 3.8) is 0 Å². The molecule has 0 aliphatic heterocycles. The van der Waals surface area contributed by atoms with Gasteiger partial charge in [-0.05, 0) is 47.8 Å². The summed E-state index contributed by atoms with van der Waals surface area (Å²) in [6.07, 6.45) is 0. The first-order valence-corrected chi connectivity index (χ1v) is 7.44. The normalized spacial score (nSPS) is 10.7. The van der Waals surface area contributed by atoms with Crippen molar-refractivity contribution in [2.45, 2.75) is 6.61 Å². The molecule has 0 saturated heterocycles. The Labute approximate surface area is 126 Å². The largest absolute Gasteiger partial charge is 0.497 e. The van der Waals surface area contributed by atoms with E-state index in [-0.39, 0.29) is 0 Å². The standard InChI is InChI=1S/C16H13ClO2S/c1-18-13-3-5-14(6-4-13)19-9-11-10-20-16-7-2-12(17)8-15(11)16/h2-8,10H,9H2,1H3. The molecule has 102 valence electrons. The molecule has 0 bridgehead atoms. The van der Waals surface area contributed by atoms with Gasteiger partial charge in [0.1, 0.15) is 18.1 Å². The van der Waals surface area contributed by atoms with Crippen LogP contribution in [0.25, 0.3) is 10.1 Å².